The summed E-state index contributed by atoms with van der Waals surface area (Å²) in [5.74, 6) is 0. The molecule has 0 aliphatic rings. The van der Waals surface area contributed by atoms with Crippen molar-refractivity contribution in [1.82, 2.24) is 10.2 Å². The first-order chi connectivity index (χ1) is 9.71. The van der Waals surface area contributed by atoms with Crippen LogP contribution in [0.4, 0.5) is 0 Å². The van der Waals surface area contributed by atoms with E-state index >= 15 is 0 Å². The van der Waals surface area contributed by atoms with Crippen molar-refractivity contribution in [3.8, 4) is 0 Å². The number of hydrogen-bond donors (Lipinski definition) is 2. The van der Waals surface area contributed by atoms with Gasteiger partial charge in [0.05, 0.1) is 6.61 Å². The van der Waals surface area contributed by atoms with Gasteiger partial charge >= 0.3 is 0 Å². The van der Waals surface area contributed by atoms with Crippen molar-refractivity contribution in [3.63, 3.8) is 0 Å². The zero-order valence-electron chi connectivity index (χ0n) is 12.6. The molecule has 0 aromatic heterocycles. The van der Waals surface area contributed by atoms with Gasteiger partial charge in [0, 0.05) is 23.6 Å². The summed E-state index contributed by atoms with van der Waals surface area (Å²) in [6, 6.07) is 8.92. The van der Waals surface area contributed by atoms with E-state index in [1.165, 1.54) is 5.56 Å². The van der Waals surface area contributed by atoms with Crippen LogP contribution in [0.3, 0.4) is 0 Å². The summed E-state index contributed by atoms with van der Waals surface area (Å²) in [4.78, 5) is 2.34. The van der Waals surface area contributed by atoms with Crippen LogP contribution in [0.15, 0.2) is 28.7 Å². The third kappa shape index (κ3) is 6.35. The van der Waals surface area contributed by atoms with Gasteiger partial charge in [-0.25, -0.2) is 0 Å². The van der Waals surface area contributed by atoms with E-state index in [-0.39, 0.29) is 6.61 Å². The van der Waals surface area contributed by atoms with Crippen LogP contribution in [0, 0.1) is 0 Å². The van der Waals surface area contributed by atoms with Crippen LogP contribution >= 0.6 is 15.9 Å². The SMILES string of the molecule is CCCN(CCO)CCC(NCC)c1ccc(Br)cc1. The minimum absolute atomic E-state index is 0.240. The Morgan fingerprint density at radius 1 is 1.15 bits per heavy atom. The van der Waals surface area contributed by atoms with Gasteiger partial charge in [-0.2, -0.15) is 0 Å². The quantitative estimate of drug-likeness (QED) is 0.685. The smallest absolute Gasteiger partial charge is 0.0558 e. The maximum absolute atomic E-state index is 9.12. The topological polar surface area (TPSA) is 35.5 Å². The highest BCUT2D eigenvalue weighted by molar-refractivity contribution is 9.10. The minimum atomic E-state index is 0.240. The second-order valence-electron chi connectivity index (χ2n) is 5.02. The van der Waals surface area contributed by atoms with Gasteiger partial charge in [-0.3, -0.25) is 0 Å². The summed E-state index contributed by atoms with van der Waals surface area (Å²) in [7, 11) is 0. The maximum atomic E-state index is 9.12. The number of halogens is 1. The van der Waals surface area contributed by atoms with Gasteiger partial charge in [0.2, 0.25) is 0 Å². The monoisotopic (exact) mass is 342 g/mol. The highest BCUT2D eigenvalue weighted by Crippen LogP contribution is 2.20. The third-order valence-corrected chi connectivity index (χ3v) is 3.94. The Labute approximate surface area is 131 Å². The van der Waals surface area contributed by atoms with E-state index in [0.717, 1.165) is 43.5 Å². The molecule has 0 saturated carbocycles. The Morgan fingerprint density at radius 2 is 1.85 bits per heavy atom. The van der Waals surface area contributed by atoms with E-state index in [1.807, 2.05) is 0 Å². The normalized spacial score (nSPS) is 12.8. The maximum Gasteiger partial charge on any atom is 0.0558 e. The summed E-state index contributed by atoms with van der Waals surface area (Å²) in [6.45, 7) is 8.37. The van der Waals surface area contributed by atoms with Crippen LogP contribution in [-0.2, 0) is 0 Å². The van der Waals surface area contributed by atoms with Gasteiger partial charge in [-0.15, -0.1) is 0 Å². The molecule has 1 aromatic carbocycles. The van der Waals surface area contributed by atoms with Crippen LogP contribution in [-0.4, -0.2) is 42.8 Å². The Morgan fingerprint density at radius 3 is 2.40 bits per heavy atom. The second-order valence-corrected chi connectivity index (χ2v) is 5.93. The average Bonchev–Trinajstić information content (AvgIpc) is 2.45. The highest BCUT2D eigenvalue weighted by atomic mass is 79.9. The molecule has 1 aromatic rings. The number of aliphatic hydroxyl groups excluding tert-OH is 1. The van der Waals surface area contributed by atoms with Crippen LogP contribution in [0.5, 0.6) is 0 Å². The molecule has 1 atom stereocenters. The Bertz CT molecular complexity index is 350. The molecular formula is C16H27BrN2O. The lowest BCUT2D eigenvalue weighted by Gasteiger charge is -2.25. The van der Waals surface area contributed by atoms with E-state index < -0.39 is 0 Å². The molecule has 0 aliphatic carbocycles. The van der Waals surface area contributed by atoms with Crippen molar-refractivity contribution >= 4 is 15.9 Å². The summed E-state index contributed by atoms with van der Waals surface area (Å²) in [5.41, 5.74) is 1.33. The predicted molar refractivity (Wildman–Crippen MR) is 89.0 cm³/mol. The van der Waals surface area contributed by atoms with E-state index in [1.54, 1.807) is 0 Å². The van der Waals surface area contributed by atoms with Gasteiger partial charge in [-0.05, 0) is 43.6 Å². The molecular weight excluding hydrogens is 316 g/mol. The number of benzene rings is 1. The van der Waals surface area contributed by atoms with Crippen molar-refractivity contribution in [2.75, 3.05) is 32.8 Å². The number of rotatable bonds is 10. The van der Waals surface area contributed by atoms with E-state index in [9.17, 15) is 0 Å². The molecule has 2 N–H and O–H groups in total. The van der Waals surface area contributed by atoms with Gasteiger partial charge in [0.1, 0.15) is 0 Å². The molecule has 1 rings (SSSR count). The summed E-state index contributed by atoms with van der Waals surface area (Å²) >= 11 is 3.48. The fourth-order valence-corrected chi connectivity index (χ4v) is 2.70. The summed E-state index contributed by atoms with van der Waals surface area (Å²) in [5, 5.41) is 12.7. The largest absolute Gasteiger partial charge is 0.395 e. The summed E-state index contributed by atoms with van der Waals surface area (Å²) in [6.07, 6.45) is 2.19. The Hall–Kier alpha value is -0.420. The van der Waals surface area contributed by atoms with Crippen LogP contribution < -0.4 is 5.32 Å². The van der Waals surface area contributed by atoms with E-state index in [0.29, 0.717) is 6.04 Å². The average molecular weight is 343 g/mol. The number of aliphatic hydroxyl groups is 1. The third-order valence-electron chi connectivity index (χ3n) is 3.41. The minimum Gasteiger partial charge on any atom is -0.395 e. The lowest BCUT2D eigenvalue weighted by molar-refractivity contribution is 0.189. The fraction of sp³-hybridized carbons (Fsp3) is 0.625. The first-order valence-corrected chi connectivity index (χ1v) is 8.32. The van der Waals surface area contributed by atoms with Crippen molar-refractivity contribution in [3.05, 3.63) is 34.3 Å². The molecule has 0 spiro atoms. The zero-order valence-corrected chi connectivity index (χ0v) is 14.2. The molecule has 0 amide bonds. The fourth-order valence-electron chi connectivity index (χ4n) is 2.43. The van der Waals surface area contributed by atoms with Crippen molar-refractivity contribution in [1.29, 1.82) is 0 Å². The van der Waals surface area contributed by atoms with Crippen molar-refractivity contribution < 1.29 is 5.11 Å². The molecule has 1 unspecified atom stereocenters. The van der Waals surface area contributed by atoms with Crippen molar-refractivity contribution in [2.45, 2.75) is 32.7 Å². The lowest BCUT2D eigenvalue weighted by atomic mass is 10.0. The van der Waals surface area contributed by atoms with E-state index in [4.69, 9.17) is 5.11 Å². The van der Waals surface area contributed by atoms with Crippen LogP contribution in [0.25, 0.3) is 0 Å². The standard InChI is InChI=1S/C16H27BrN2O/c1-3-10-19(12-13-20)11-9-16(18-4-2)14-5-7-15(17)8-6-14/h5-8,16,18,20H,3-4,9-13H2,1-2H3. The van der Waals surface area contributed by atoms with E-state index in [2.05, 4.69) is 64.3 Å². The first kappa shape index (κ1) is 17.6. The van der Waals surface area contributed by atoms with Crippen LogP contribution in [0.2, 0.25) is 0 Å². The molecule has 0 radical (unpaired) electrons. The van der Waals surface area contributed by atoms with Gasteiger partial charge in [0.15, 0.2) is 0 Å². The second kappa shape index (κ2) is 10.3. The van der Waals surface area contributed by atoms with Gasteiger partial charge in [-0.1, -0.05) is 41.9 Å². The highest BCUT2D eigenvalue weighted by Gasteiger charge is 2.12. The number of hydrogen-bond acceptors (Lipinski definition) is 3. The lowest BCUT2D eigenvalue weighted by Crippen LogP contribution is -2.32. The van der Waals surface area contributed by atoms with Gasteiger partial charge < -0.3 is 15.3 Å². The molecule has 4 heteroatoms. The summed E-state index contributed by atoms with van der Waals surface area (Å²) < 4.78 is 1.12. The molecule has 20 heavy (non-hydrogen) atoms. The Kier molecular flexibility index (Phi) is 9.10. The molecule has 0 saturated heterocycles. The molecule has 0 bridgehead atoms. The molecule has 114 valence electrons. The van der Waals surface area contributed by atoms with Crippen molar-refractivity contribution in [2.24, 2.45) is 0 Å². The predicted octanol–water partition coefficient (Wildman–Crippen LogP) is 3.19. The first-order valence-electron chi connectivity index (χ1n) is 7.53. The Balaban J connectivity index is 2.59. The number of nitrogens with zero attached hydrogens (tertiary/aromatic N) is 1. The zero-order chi connectivity index (χ0) is 14.8. The van der Waals surface area contributed by atoms with Crippen LogP contribution in [0.1, 0.15) is 38.3 Å². The molecule has 3 nitrogen and oxygen atoms in total. The number of nitrogens with one attached hydrogen (secondary N) is 1. The molecule has 0 heterocycles. The molecule has 0 aliphatic heterocycles. The molecule has 0 fully saturated rings. The van der Waals surface area contributed by atoms with Gasteiger partial charge in [0.25, 0.3) is 0 Å².